The van der Waals surface area contributed by atoms with Crippen LogP contribution in [0.1, 0.15) is 21.5 Å². The molecule has 0 fully saturated rings. The van der Waals surface area contributed by atoms with Crippen LogP contribution >= 0.6 is 23.2 Å². The molecule has 0 heterocycles. The zero-order chi connectivity index (χ0) is 16.1. The summed E-state index contributed by atoms with van der Waals surface area (Å²) in [7, 11) is 0. The lowest BCUT2D eigenvalue weighted by atomic mass is 10.1. The van der Waals surface area contributed by atoms with Crippen LogP contribution in [-0.4, -0.2) is 11.8 Å². The highest BCUT2D eigenvalue weighted by Gasteiger charge is 2.08. The summed E-state index contributed by atoms with van der Waals surface area (Å²) < 4.78 is 0. The Bertz CT molecular complexity index is 713. The van der Waals surface area contributed by atoms with Crippen LogP contribution in [0.5, 0.6) is 0 Å². The molecule has 0 aromatic heterocycles. The van der Waals surface area contributed by atoms with Gasteiger partial charge in [0.1, 0.15) is 5.84 Å². The van der Waals surface area contributed by atoms with Gasteiger partial charge in [0.05, 0.1) is 5.56 Å². The first-order chi connectivity index (χ1) is 10.5. The number of carbonyl (C=O) groups excluding carboxylic acids is 1. The number of hydrogen-bond donors (Lipinski definition) is 1. The first-order valence-electron chi connectivity index (χ1n) is 6.50. The lowest BCUT2D eigenvalue weighted by Crippen LogP contribution is -2.17. The summed E-state index contributed by atoms with van der Waals surface area (Å²) >= 11 is 11.9. The molecule has 0 saturated carbocycles. The maximum Gasteiger partial charge on any atom is 0.365 e. The molecule has 0 bridgehead atoms. The minimum Gasteiger partial charge on any atom is -0.384 e. The topological polar surface area (TPSA) is 64.7 Å². The van der Waals surface area contributed by atoms with Crippen LogP contribution in [0.15, 0.2) is 47.6 Å². The van der Waals surface area contributed by atoms with Crippen molar-refractivity contribution < 1.29 is 9.63 Å². The largest absolute Gasteiger partial charge is 0.384 e. The minimum atomic E-state index is -0.565. The Hall–Kier alpha value is -2.04. The average Bonchev–Trinajstić information content (AvgIpc) is 2.48. The van der Waals surface area contributed by atoms with E-state index in [2.05, 4.69) is 5.16 Å². The highest BCUT2D eigenvalue weighted by molar-refractivity contribution is 6.35. The van der Waals surface area contributed by atoms with Gasteiger partial charge in [-0.15, -0.1) is 0 Å². The molecule has 0 aliphatic rings. The molecule has 0 amide bonds. The van der Waals surface area contributed by atoms with E-state index in [0.717, 1.165) is 11.1 Å². The lowest BCUT2D eigenvalue weighted by molar-refractivity contribution is 0.0515. The van der Waals surface area contributed by atoms with Crippen LogP contribution in [0.3, 0.4) is 0 Å². The predicted octanol–water partition coefficient (Wildman–Crippen LogP) is 3.97. The standard InChI is InChI=1S/C16H14Cl2N2O2/c1-10-2-4-11(5-3-10)16(21)22-20-15(19)8-12-6-7-13(17)9-14(12)18/h2-7,9H,8H2,1H3,(H2,19,20). The number of nitrogens with zero attached hydrogens (tertiary/aromatic N) is 1. The van der Waals surface area contributed by atoms with Gasteiger partial charge in [0.25, 0.3) is 0 Å². The Balaban J connectivity index is 2.00. The number of nitrogens with two attached hydrogens (primary N) is 1. The summed E-state index contributed by atoms with van der Waals surface area (Å²) in [6, 6.07) is 12.0. The summed E-state index contributed by atoms with van der Waals surface area (Å²) in [4.78, 5) is 16.6. The van der Waals surface area contributed by atoms with Crippen molar-refractivity contribution in [3.8, 4) is 0 Å². The minimum absolute atomic E-state index is 0.143. The van der Waals surface area contributed by atoms with Crippen molar-refractivity contribution in [1.29, 1.82) is 0 Å². The quantitative estimate of drug-likeness (QED) is 0.397. The van der Waals surface area contributed by atoms with Crippen molar-refractivity contribution in [2.45, 2.75) is 13.3 Å². The first kappa shape index (κ1) is 16.3. The van der Waals surface area contributed by atoms with Crippen molar-refractivity contribution in [2.24, 2.45) is 10.9 Å². The number of rotatable bonds is 4. The molecule has 0 saturated heterocycles. The molecule has 0 radical (unpaired) electrons. The predicted molar refractivity (Wildman–Crippen MR) is 88.4 cm³/mol. The molecule has 0 unspecified atom stereocenters. The molecule has 4 nitrogen and oxygen atoms in total. The average molecular weight is 337 g/mol. The number of benzene rings is 2. The molecule has 2 rings (SSSR count). The molecule has 0 spiro atoms. The first-order valence-corrected chi connectivity index (χ1v) is 7.25. The van der Waals surface area contributed by atoms with Crippen LogP contribution < -0.4 is 5.73 Å². The van der Waals surface area contributed by atoms with E-state index in [-0.39, 0.29) is 12.3 Å². The Kier molecular flexibility index (Phi) is 5.41. The number of hydrogen-bond acceptors (Lipinski definition) is 3. The molecule has 6 heteroatoms. The summed E-state index contributed by atoms with van der Waals surface area (Å²) in [5.74, 6) is -0.421. The van der Waals surface area contributed by atoms with E-state index in [1.54, 1.807) is 30.3 Å². The highest BCUT2D eigenvalue weighted by Crippen LogP contribution is 2.21. The molecule has 2 aromatic carbocycles. The molecule has 0 aliphatic carbocycles. The van der Waals surface area contributed by atoms with Crippen LogP contribution in [0.25, 0.3) is 0 Å². The normalized spacial score (nSPS) is 11.3. The Labute approximate surface area is 138 Å². The Morgan fingerprint density at radius 2 is 1.86 bits per heavy atom. The molecule has 2 N–H and O–H groups in total. The number of oxime groups is 1. The van der Waals surface area contributed by atoms with E-state index < -0.39 is 5.97 Å². The van der Waals surface area contributed by atoms with Gasteiger partial charge in [-0.1, -0.05) is 52.1 Å². The zero-order valence-electron chi connectivity index (χ0n) is 11.8. The van der Waals surface area contributed by atoms with Crippen LogP contribution in [0.2, 0.25) is 10.0 Å². The maximum absolute atomic E-state index is 11.8. The number of carbonyl (C=O) groups is 1. The van der Waals surface area contributed by atoms with Gasteiger partial charge in [0.15, 0.2) is 0 Å². The van der Waals surface area contributed by atoms with Crippen molar-refractivity contribution >= 4 is 35.0 Å². The number of halogens is 2. The van der Waals surface area contributed by atoms with Gasteiger partial charge in [0, 0.05) is 16.5 Å². The smallest absolute Gasteiger partial charge is 0.365 e. The molecular weight excluding hydrogens is 323 g/mol. The zero-order valence-corrected chi connectivity index (χ0v) is 13.4. The van der Waals surface area contributed by atoms with Crippen LogP contribution in [-0.2, 0) is 11.3 Å². The SMILES string of the molecule is Cc1ccc(C(=O)ON=C(N)Cc2ccc(Cl)cc2Cl)cc1. The van der Waals surface area contributed by atoms with Gasteiger partial charge in [0.2, 0.25) is 0 Å². The summed E-state index contributed by atoms with van der Waals surface area (Å²) in [6.07, 6.45) is 0.261. The number of amidine groups is 1. The van der Waals surface area contributed by atoms with Crippen molar-refractivity contribution in [1.82, 2.24) is 0 Å². The van der Waals surface area contributed by atoms with E-state index >= 15 is 0 Å². The van der Waals surface area contributed by atoms with Crippen LogP contribution in [0, 0.1) is 6.92 Å². The molecule has 114 valence electrons. The lowest BCUT2D eigenvalue weighted by Gasteiger charge is -2.04. The fourth-order valence-corrected chi connectivity index (χ4v) is 2.21. The van der Waals surface area contributed by atoms with Crippen molar-refractivity contribution in [3.05, 3.63) is 69.2 Å². The third-order valence-corrected chi connectivity index (χ3v) is 3.51. The van der Waals surface area contributed by atoms with E-state index in [1.165, 1.54) is 0 Å². The number of aryl methyl sites for hydroxylation is 1. The monoisotopic (exact) mass is 336 g/mol. The maximum atomic E-state index is 11.8. The van der Waals surface area contributed by atoms with Gasteiger partial charge >= 0.3 is 5.97 Å². The van der Waals surface area contributed by atoms with Crippen LogP contribution in [0.4, 0.5) is 0 Å². The highest BCUT2D eigenvalue weighted by atomic mass is 35.5. The fourth-order valence-electron chi connectivity index (χ4n) is 1.73. The Morgan fingerprint density at radius 1 is 1.18 bits per heavy atom. The second-order valence-electron chi connectivity index (χ2n) is 4.74. The van der Waals surface area contributed by atoms with Gasteiger partial charge in [-0.2, -0.15) is 0 Å². The second-order valence-corrected chi connectivity index (χ2v) is 5.58. The van der Waals surface area contributed by atoms with E-state index in [9.17, 15) is 4.79 Å². The van der Waals surface area contributed by atoms with Crippen molar-refractivity contribution in [2.75, 3.05) is 0 Å². The molecule has 0 aliphatic heterocycles. The van der Waals surface area contributed by atoms with Crippen molar-refractivity contribution in [3.63, 3.8) is 0 Å². The van der Waals surface area contributed by atoms with E-state index in [0.29, 0.717) is 15.6 Å². The Morgan fingerprint density at radius 3 is 2.50 bits per heavy atom. The summed E-state index contributed by atoms with van der Waals surface area (Å²) in [5, 5.41) is 4.65. The fraction of sp³-hybridized carbons (Fsp3) is 0.125. The second kappa shape index (κ2) is 7.29. The van der Waals surface area contributed by atoms with Gasteiger partial charge < -0.3 is 10.6 Å². The van der Waals surface area contributed by atoms with Gasteiger partial charge in [-0.3, -0.25) is 0 Å². The summed E-state index contributed by atoms with van der Waals surface area (Å²) in [6.45, 7) is 1.93. The molecule has 0 atom stereocenters. The molecule has 2 aromatic rings. The van der Waals surface area contributed by atoms with Gasteiger partial charge in [-0.25, -0.2) is 4.79 Å². The third-order valence-electron chi connectivity index (χ3n) is 2.92. The van der Waals surface area contributed by atoms with E-state index in [4.69, 9.17) is 33.8 Å². The van der Waals surface area contributed by atoms with Gasteiger partial charge in [-0.05, 0) is 36.8 Å². The third kappa shape index (κ3) is 4.48. The molecular formula is C16H14Cl2N2O2. The summed E-state index contributed by atoms with van der Waals surface area (Å²) in [5.41, 5.74) is 7.95. The molecule has 22 heavy (non-hydrogen) atoms. The van der Waals surface area contributed by atoms with E-state index in [1.807, 2.05) is 19.1 Å².